The average molecular weight is 487 g/mol. The van der Waals surface area contributed by atoms with Crippen molar-refractivity contribution in [3.05, 3.63) is 53.6 Å². The summed E-state index contributed by atoms with van der Waals surface area (Å²) in [6, 6.07) is 10.9. The maximum atomic E-state index is 12.7. The molecule has 2 aromatic rings. The summed E-state index contributed by atoms with van der Waals surface area (Å²) >= 11 is 0. The Balaban J connectivity index is 1.95. The van der Waals surface area contributed by atoms with E-state index in [0.717, 1.165) is 5.56 Å². The van der Waals surface area contributed by atoms with Gasteiger partial charge in [-0.05, 0) is 54.5 Å². The molecular weight excluding hydrogens is 452 g/mol. The first-order valence-electron chi connectivity index (χ1n) is 11.4. The van der Waals surface area contributed by atoms with Gasteiger partial charge < -0.3 is 30.4 Å². The van der Waals surface area contributed by atoms with E-state index in [0.29, 0.717) is 29.6 Å². The van der Waals surface area contributed by atoms with Crippen LogP contribution in [0.5, 0.6) is 17.2 Å². The molecular formula is C26H34N2O7. The molecule has 190 valence electrons. The molecule has 0 bridgehead atoms. The minimum atomic E-state index is -0.890. The monoisotopic (exact) mass is 486 g/mol. The van der Waals surface area contributed by atoms with Crippen LogP contribution in [0.25, 0.3) is 0 Å². The molecule has 2 rings (SSSR count). The number of benzene rings is 2. The summed E-state index contributed by atoms with van der Waals surface area (Å²) in [6.45, 7) is 4.28. The highest BCUT2D eigenvalue weighted by atomic mass is 16.5. The van der Waals surface area contributed by atoms with E-state index in [1.54, 1.807) is 42.5 Å². The van der Waals surface area contributed by atoms with E-state index in [2.05, 4.69) is 5.32 Å². The van der Waals surface area contributed by atoms with Gasteiger partial charge in [0.15, 0.2) is 0 Å². The summed E-state index contributed by atoms with van der Waals surface area (Å²) < 4.78 is 15.9. The van der Waals surface area contributed by atoms with Crippen LogP contribution in [0.1, 0.15) is 42.6 Å². The van der Waals surface area contributed by atoms with E-state index in [1.165, 1.54) is 14.2 Å². The number of esters is 1. The number of carbonyl (C=O) groups excluding carboxylic acids is 2. The molecule has 9 nitrogen and oxygen atoms in total. The van der Waals surface area contributed by atoms with Crippen LogP contribution in [0.15, 0.2) is 42.5 Å². The Morgan fingerprint density at radius 3 is 2.11 bits per heavy atom. The third-order valence-corrected chi connectivity index (χ3v) is 5.39. The quantitative estimate of drug-likeness (QED) is 0.290. The number of carbonyl (C=O) groups is 3. The van der Waals surface area contributed by atoms with Crippen LogP contribution in [0.2, 0.25) is 0 Å². The smallest absolute Gasteiger partial charge is 0.351 e. The SMILES string of the molecule is COc1cccc(OC)c1C(=O)Oc1ccc(C[C@@H](N)C(=O)NC[C@H](CC(=O)O)CC(C)C)cc1. The van der Waals surface area contributed by atoms with Gasteiger partial charge in [-0.1, -0.05) is 32.0 Å². The van der Waals surface area contributed by atoms with Gasteiger partial charge in [-0.15, -0.1) is 0 Å². The van der Waals surface area contributed by atoms with Crippen molar-refractivity contribution < 1.29 is 33.7 Å². The first-order valence-corrected chi connectivity index (χ1v) is 11.4. The maximum Gasteiger partial charge on any atom is 0.351 e. The zero-order valence-corrected chi connectivity index (χ0v) is 20.6. The van der Waals surface area contributed by atoms with Crippen molar-refractivity contribution in [1.82, 2.24) is 5.32 Å². The van der Waals surface area contributed by atoms with E-state index in [-0.39, 0.29) is 36.8 Å². The van der Waals surface area contributed by atoms with E-state index in [4.69, 9.17) is 25.1 Å². The number of hydrogen-bond acceptors (Lipinski definition) is 7. The summed E-state index contributed by atoms with van der Waals surface area (Å²) in [4.78, 5) is 36.2. The number of carboxylic acid groups (broad SMARTS) is 1. The molecule has 0 aromatic heterocycles. The van der Waals surface area contributed by atoms with Crippen molar-refractivity contribution in [3.8, 4) is 17.2 Å². The second-order valence-electron chi connectivity index (χ2n) is 8.72. The normalized spacial score (nSPS) is 12.5. The lowest BCUT2D eigenvalue weighted by Crippen LogP contribution is -2.44. The average Bonchev–Trinajstić information content (AvgIpc) is 2.82. The lowest BCUT2D eigenvalue weighted by Gasteiger charge is -2.19. The molecule has 9 heteroatoms. The van der Waals surface area contributed by atoms with Crippen LogP contribution in [0, 0.1) is 11.8 Å². The number of hydrogen-bond donors (Lipinski definition) is 3. The summed E-state index contributed by atoms with van der Waals surface area (Å²) in [5.74, 6) is -0.706. The highest BCUT2D eigenvalue weighted by Crippen LogP contribution is 2.29. The van der Waals surface area contributed by atoms with Crippen molar-refractivity contribution in [2.45, 2.75) is 39.2 Å². The van der Waals surface area contributed by atoms with Gasteiger partial charge in [0.1, 0.15) is 22.8 Å². The first kappa shape index (κ1) is 27.7. The summed E-state index contributed by atoms with van der Waals surface area (Å²) in [5.41, 5.74) is 7.02. The van der Waals surface area contributed by atoms with Crippen LogP contribution in [-0.2, 0) is 16.0 Å². The van der Waals surface area contributed by atoms with E-state index < -0.39 is 18.0 Å². The van der Waals surface area contributed by atoms with Crippen molar-refractivity contribution in [1.29, 1.82) is 0 Å². The van der Waals surface area contributed by atoms with E-state index >= 15 is 0 Å². The maximum absolute atomic E-state index is 12.7. The molecule has 4 N–H and O–H groups in total. The van der Waals surface area contributed by atoms with E-state index in [9.17, 15) is 14.4 Å². The van der Waals surface area contributed by atoms with Crippen molar-refractivity contribution >= 4 is 17.8 Å². The summed E-state index contributed by atoms with van der Waals surface area (Å²) in [6.07, 6.45) is 0.964. The number of carboxylic acids is 1. The topological polar surface area (TPSA) is 137 Å². The third-order valence-electron chi connectivity index (χ3n) is 5.39. The van der Waals surface area contributed by atoms with Crippen LogP contribution in [-0.4, -0.2) is 49.8 Å². The number of amides is 1. The Bertz CT molecular complexity index is 983. The molecule has 35 heavy (non-hydrogen) atoms. The Kier molecular flexibility index (Phi) is 10.5. The summed E-state index contributed by atoms with van der Waals surface area (Å²) in [7, 11) is 2.91. The standard InChI is InChI=1S/C26H34N2O7/c1-16(2)12-18(14-23(29)30)15-28-25(31)20(27)13-17-8-10-19(11-9-17)35-26(32)24-21(33-3)6-5-7-22(24)34-4/h5-11,16,18,20H,12-15,27H2,1-4H3,(H,28,31)(H,29,30)/t18-,20+/m0/s1. The van der Waals surface area contributed by atoms with Gasteiger partial charge in [0.2, 0.25) is 5.91 Å². The van der Waals surface area contributed by atoms with Gasteiger partial charge >= 0.3 is 11.9 Å². The second-order valence-corrected chi connectivity index (χ2v) is 8.72. The van der Waals surface area contributed by atoms with Gasteiger partial charge in [-0.25, -0.2) is 4.79 Å². The molecule has 0 radical (unpaired) electrons. The number of nitrogens with one attached hydrogen (secondary N) is 1. The lowest BCUT2D eigenvalue weighted by molar-refractivity contribution is -0.138. The molecule has 0 saturated carbocycles. The van der Waals surface area contributed by atoms with Crippen LogP contribution < -0.4 is 25.3 Å². The predicted octanol–water partition coefficient (Wildman–Crippen LogP) is 3.05. The van der Waals surface area contributed by atoms with Crippen molar-refractivity contribution in [2.75, 3.05) is 20.8 Å². The minimum absolute atomic E-state index is 0.00535. The number of aliphatic carboxylic acids is 1. The molecule has 0 saturated heterocycles. The van der Waals surface area contributed by atoms with Gasteiger partial charge in [-0.3, -0.25) is 9.59 Å². The molecule has 0 spiro atoms. The molecule has 0 heterocycles. The highest BCUT2D eigenvalue weighted by Gasteiger charge is 2.21. The number of rotatable bonds is 13. The number of nitrogens with two attached hydrogens (primary N) is 1. The van der Waals surface area contributed by atoms with Crippen molar-refractivity contribution in [3.63, 3.8) is 0 Å². The third kappa shape index (κ3) is 8.60. The Morgan fingerprint density at radius 1 is 1.00 bits per heavy atom. The largest absolute Gasteiger partial charge is 0.496 e. The number of methoxy groups -OCH3 is 2. The zero-order chi connectivity index (χ0) is 26.0. The van der Waals surface area contributed by atoms with Gasteiger partial charge in [0.25, 0.3) is 0 Å². The molecule has 0 aliphatic carbocycles. The highest BCUT2D eigenvalue weighted by molar-refractivity contribution is 5.97. The van der Waals surface area contributed by atoms with Crippen molar-refractivity contribution in [2.24, 2.45) is 17.6 Å². The molecule has 1 amide bonds. The van der Waals surface area contributed by atoms with Crippen LogP contribution in [0.4, 0.5) is 0 Å². The molecule has 2 atom stereocenters. The van der Waals surface area contributed by atoms with Crippen LogP contribution in [0.3, 0.4) is 0 Å². The number of ether oxygens (including phenoxy) is 3. The molecule has 0 fully saturated rings. The molecule has 0 aliphatic rings. The fourth-order valence-corrected chi connectivity index (χ4v) is 3.78. The fraction of sp³-hybridized carbons (Fsp3) is 0.423. The molecule has 0 unspecified atom stereocenters. The predicted molar refractivity (Wildman–Crippen MR) is 131 cm³/mol. The second kappa shape index (κ2) is 13.3. The Labute approximate surface area is 205 Å². The Morgan fingerprint density at radius 2 is 1.60 bits per heavy atom. The van der Waals surface area contributed by atoms with Crippen LogP contribution >= 0.6 is 0 Å². The van der Waals surface area contributed by atoms with E-state index in [1.807, 2.05) is 13.8 Å². The lowest BCUT2D eigenvalue weighted by atomic mass is 9.94. The van der Waals surface area contributed by atoms with Gasteiger partial charge in [0.05, 0.1) is 20.3 Å². The molecule has 0 aliphatic heterocycles. The first-order chi connectivity index (χ1) is 16.6. The summed E-state index contributed by atoms with van der Waals surface area (Å²) in [5, 5.41) is 11.8. The van der Waals surface area contributed by atoms with Gasteiger partial charge in [0, 0.05) is 13.0 Å². The molecule has 2 aromatic carbocycles. The fourth-order valence-electron chi connectivity index (χ4n) is 3.78. The Hall–Kier alpha value is -3.59. The van der Waals surface area contributed by atoms with Gasteiger partial charge in [-0.2, -0.15) is 0 Å². The minimum Gasteiger partial charge on any atom is -0.496 e. The zero-order valence-electron chi connectivity index (χ0n) is 20.6.